The molecule has 0 saturated carbocycles. The van der Waals surface area contributed by atoms with Gasteiger partial charge in [0.15, 0.2) is 0 Å². The van der Waals surface area contributed by atoms with E-state index in [1.54, 1.807) is 20.8 Å². The third kappa shape index (κ3) is 2.23. The van der Waals surface area contributed by atoms with E-state index in [1.807, 2.05) is 0 Å². The van der Waals surface area contributed by atoms with Crippen LogP contribution < -0.4 is 0 Å². The highest BCUT2D eigenvalue weighted by molar-refractivity contribution is 5.76. The van der Waals surface area contributed by atoms with Crippen LogP contribution in [0.15, 0.2) is 0 Å². The first-order valence-electron chi connectivity index (χ1n) is 4.35. The van der Waals surface area contributed by atoms with Crippen LogP contribution in [0, 0.1) is 10.8 Å². The summed E-state index contributed by atoms with van der Waals surface area (Å²) in [6, 6.07) is 0. The maximum atomic E-state index is 10.9. The van der Waals surface area contributed by atoms with E-state index in [9.17, 15) is 9.90 Å². The van der Waals surface area contributed by atoms with Crippen LogP contribution in [0.3, 0.4) is 0 Å². The van der Waals surface area contributed by atoms with Gasteiger partial charge in [0.25, 0.3) is 0 Å². The van der Waals surface area contributed by atoms with Crippen molar-refractivity contribution in [2.24, 2.45) is 10.8 Å². The van der Waals surface area contributed by atoms with E-state index in [-0.39, 0.29) is 0 Å². The molecule has 5 heteroatoms. The van der Waals surface area contributed by atoms with E-state index < -0.39 is 36.1 Å². The molecule has 5 nitrogen and oxygen atoms in total. The normalized spacial score (nSPS) is 15.3. The molecule has 0 fully saturated rings. The standard InChI is InChI=1S/C9H18O5/c1-8(2,3)6(12)9(4-10,5-11)7(13)14/h6,10-12H,4-5H2,1-3H3,(H,13,14). The molecule has 0 aromatic carbocycles. The number of aliphatic carboxylic acids is 1. The fourth-order valence-corrected chi connectivity index (χ4v) is 1.30. The molecule has 84 valence electrons. The molecule has 0 aliphatic carbocycles. The Morgan fingerprint density at radius 2 is 1.57 bits per heavy atom. The molecule has 0 saturated heterocycles. The number of rotatable bonds is 4. The number of hydrogen-bond acceptors (Lipinski definition) is 4. The zero-order valence-corrected chi connectivity index (χ0v) is 8.69. The molecule has 0 rings (SSSR count). The van der Waals surface area contributed by atoms with Gasteiger partial charge in [0.05, 0.1) is 19.3 Å². The summed E-state index contributed by atoms with van der Waals surface area (Å²) in [6.45, 7) is 3.33. The number of carbonyl (C=O) groups is 1. The largest absolute Gasteiger partial charge is 0.481 e. The molecular weight excluding hydrogens is 188 g/mol. The highest BCUT2D eigenvalue weighted by Crippen LogP contribution is 2.34. The van der Waals surface area contributed by atoms with Gasteiger partial charge in [-0.3, -0.25) is 4.79 Å². The molecule has 1 atom stereocenters. The molecule has 4 N–H and O–H groups in total. The SMILES string of the molecule is CC(C)(C)C(O)C(CO)(CO)C(=O)O. The lowest BCUT2D eigenvalue weighted by Crippen LogP contribution is -2.53. The molecule has 0 aromatic heterocycles. The van der Waals surface area contributed by atoms with Crippen LogP contribution in [0.4, 0.5) is 0 Å². The minimum Gasteiger partial charge on any atom is -0.481 e. The van der Waals surface area contributed by atoms with Crippen molar-refractivity contribution in [1.82, 2.24) is 0 Å². The Labute approximate surface area is 83.0 Å². The average Bonchev–Trinajstić information content (AvgIpc) is 2.05. The number of carboxylic acid groups (broad SMARTS) is 1. The third-order valence-corrected chi connectivity index (χ3v) is 2.33. The molecule has 0 aliphatic heterocycles. The molecule has 0 heterocycles. The molecular formula is C9H18O5. The van der Waals surface area contributed by atoms with Crippen LogP contribution in [0.25, 0.3) is 0 Å². The topological polar surface area (TPSA) is 98.0 Å². The number of carboxylic acids is 1. The average molecular weight is 206 g/mol. The second-order valence-electron chi connectivity index (χ2n) is 4.55. The highest BCUT2D eigenvalue weighted by atomic mass is 16.4. The first-order valence-corrected chi connectivity index (χ1v) is 4.35. The summed E-state index contributed by atoms with van der Waals surface area (Å²) < 4.78 is 0. The van der Waals surface area contributed by atoms with E-state index in [1.165, 1.54) is 0 Å². The Kier molecular flexibility index (Phi) is 4.05. The Morgan fingerprint density at radius 3 is 1.64 bits per heavy atom. The van der Waals surface area contributed by atoms with Crippen molar-refractivity contribution in [3.63, 3.8) is 0 Å². The van der Waals surface area contributed by atoms with Gasteiger partial charge in [-0.15, -0.1) is 0 Å². The fourth-order valence-electron chi connectivity index (χ4n) is 1.30. The number of aliphatic hydroxyl groups excluding tert-OH is 3. The summed E-state index contributed by atoms with van der Waals surface area (Å²) in [5.74, 6) is -1.40. The van der Waals surface area contributed by atoms with Gasteiger partial charge in [0.2, 0.25) is 0 Å². The molecule has 0 radical (unpaired) electrons. The third-order valence-electron chi connectivity index (χ3n) is 2.33. The highest BCUT2D eigenvalue weighted by Gasteiger charge is 2.49. The van der Waals surface area contributed by atoms with Crippen LogP contribution >= 0.6 is 0 Å². The van der Waals surface area contributed by atoms with Crippen molar-refractivity contribution >= 4 is 5.97 Å². The molecule has 14 heavy (non-hydrogen) atoms. The van der Waals surface area contributed by atoms with E-state index in [0.717, 1.165) is 0 Å². The van der Waals surface area contributed by atoms with Crippen LogP contribution in [0.5, 0.6) is 0 Å². The van der Waals surface area contributed by atoms with Gasteiger partial charge in [-0.05, 0) is 5.41 Å². The van der Waals surface area contributed by atoms with E-state index >= 15 is 0 Å². The van der Waals surface area contributed by atoms with E-state index in [2.05, 4.69) is 0 Å². The molecule has 0 aliphatic rings. The minimum atomic E-state index is -1.89. The summed E-state index contributed by atoms with van der Waals surface area (Å²) in [5, 5.41) is 36.6. The predicted molar refractivity (Wildman–Crippen MR) is 49.7 cm³/mol. The van der Waals surface area contributed by atoms with Gasteiger partial charge >= 0.3 is 5.97 Å². The summed E-state index contributed by atoms with van der Waals surface area (Å²) in [4.78, 5) is 10.9. The van der Waals surface area contributed by atoms with Crippen LogP contribution in [-0.2, 0) is 4.79 Å². The van der Waals surface area contributed by atoms with Crippen LogP contribution in [0.2, 0.25) is 0 Å². The summed E-state index contributed by atoms with van der Waals surface area (Å²) >= 11 is 0. The summed E-state index contributed by atoms with van der Waals surface area (Å²) in [5.41, 5.74) is -2.61. The minimum absolute atomic E-state index is 0.718. The van der Waals surface area contributed by atoms with Crippen molar-refractivity contribution in [3.05, 3.63) is 0 Å². The first-order chi connectivity index (χ1) is 6.22. The van der Waals surface area contributed by atoms with Crippen molar-refractivity contribution in [3.8, 4) is 0 Å². The van der Waals surface area contributed by atoms with Crippen molar-refractivity contribution in [1.29, 1.82) is 0 Å². The summed E-state index contributed by atoms with van der Waals surface area (Å²) in [7, 11) is 0. The van der Waals surface area contributed by atoms with Crippen LogP contribution in [0.1, 0.15) is 20.8 Å². The monoisotopic (exact) mass is 206 g/mol. The Hall–Kier alpha value is -0.650. The Bertz CT molecular complexity index is 202. The lowest BCUT2D eigenvalue weighted by molar-refractivity contribution is -0.174. The lowest BCUT2D eigenvalue weighted by Gasteiger charge is -2.38. The zero-order chi connectivity index (χ0) is 11.6. The van der Waals surface area contributed by atoms with Gasteiger partial charge in [0, 0.05) is 0 Å². The maximum absolute atomic E-state index is 10.9. The molecule has 1 unspecified atom stereocenters. The first kappa shape index (κ1) is 13.4. The number of aliphatic hydroxyl groups is 3. The second kappa shape index (κ2) is 4.25. The molecule has 0 spiro atoms. The van der Waals surface area contributed by atoms with Gasteiger partial charge in [-0.2, -0.15) is 0 Å². The van der Waals surface area contributed by atoms with Crippen molar-refractivity contribution in [2.45, 2.75) is 26.9 Å². The van der Waals surface area contributed by atoms with Gasteiger partial charge < -0.3 is 20.4 Å². The van der Waals surface area contributed by atoms with Gasteiger partial charge in [0.1, 0.15) is 5.41 Å². The van der Waals surface area contributed by atoms with Crippen LogP contribution in [-0.4, -0.2) is 45.7 Å². The predicted octanol–water partition coefficient (Wildman–Crippen LogP) is -0.551. The Morgan fingerprint density at radius 1 is 1.21 bits per heavy atom. The van der Waals surface area contributed by atoms with Gasteiger partial charge in [-0.1, -0.05) is 20.8 Å². The van der Waals surface area contributed by atoms with Crippen molar-refractivity contribution in [2.75, 3.05) is 13.2 Å². The van der Waals surface area contributed by atoms with E-state index in [0.29, 0.717) is 0 Å². The molecule has 0 amide bonds. The molecule has 0 bridgehead atoms. The smallest absolute Gasteiger partial charge is 0.317 e. The summed E-state index contributed by atoms with van der Waals surface area (Å²) in [6.07, 6.45) is -1.32. The molecule has 0 aromatic rings. The van der Waals surface area contributed by atoms with E-state index in [4.69, 9.17) is 15.3 Å². The quantitative estimate of drug-likeness (QED) is 0.494. The van der Waals surface area contributed by atoms with Crippen molar-refractivity contribution < 1.29 is 25.2 Å². The van der Waals surface area contributed by atoms with Gasteiger partial charge in [-0.25, -0.2) is 0 Å². The lowest BCUT2D eigenvalue weighted by atomic mass is 9.71. The maximum Gasteiger partial charge on any atom is 0.317 e. The number of hydrogen-bond donors (Lipinski definition) is 4. The second-order valence-corrected chi connectivity index (χ2v) is 4.55. The zero-order valence-electron chi connectivity index (χ0n) is 8.69. The fraction of sp³-hybridized carbons (Fsp3) is 0.889. The Balaban J connectivity index is 5.10.